The Morgan fingerprint density at radius 3 is 2.80 bits per heavy atom. The molecule has 0 aromatic heterocycles. The van der Waals surface area contributed by atoms with Crippen LogP contribution in [0.25, 0.3) is 0 Å². The second-order valence-electron chi connectivity index (χ2n) is 13.6. The minimum Gasteiger partial charge on any atom is -0.480 e. The van der Waals surface area contributed by atoms with E-state index in [2.05, 4.69) is 45.7 Å². The van der Waals surface area contributed by atoms with E-state index in [9.17, 15) is 14.7 Å². The lowest BCUT2D eigenvalue weighted by Gasteiger charge is -2.51. The van der Waals surface area contributed by atoms with Crippen molar-refractivity contribution in [1.82, 2.24) is 16.1 Å². The van der Waals surface area contributed by atoms with Crippen LogP contribution in [0.3, 0.4) is 0 Å². The van der Waals surface area contributed by atoms with Crippen molar-refractivity contribution in [3.8, 4) is 0 Å². The first-order chi connectivity index (χ1) is 21.8. The molecule has 6 rings (SSSR count). The largest absolute Gasteiger partial charge is 0.480 e. The molecule has 0 spiro atoms. The van der Waals surface area contributed by atoms with Crippen molar-refractivity contribution in [3.05, 3.63) is 70.8 Å². The molecule has 1 aromatic rings. The van der Waals surface area contributed by atoms with Crippen molar-refractivity contribution in [1.29, 1.82) is 0 Å². The average molecular weight is 614 g/mol. The number of allylic oxidation sites excluding steroid dienone is 5. The summed E-state index contributed by atoms with van der Waals surface area (Å²) >= 11 is 0. The number of alkyl carbamates (subject to hydrolysis) is 1. The highest BCUT2D eigenvalue weighted by atomic mass is 16.5. The highest BCUT2D eigenvalue weighted by Crippen LogP contribution is 2.63. The molecule has 45 heavy (non-hydrogen) atoms. The Hall–Kier alpha value is -3.88. The van der Waals surface area contributed by atoms with E-state index in [0.717, 1.165) is 81.7 Å². The van der Waals surface area contributed by atoms with Crippen LogP contribution in [0.2, 0.25) is 0 Å². The molecule has 9 heteroatoms. The number of amides is 1. The van der Waals surface area contributed by atoms with Gasteiger partial charge in [0.1, 0.15) is 12.6 Å². The quantitative estimate of drug-likeness (QED) is 0.141. The zero-order valence-corrected chi connectivity index (χ0v) is 26.4. The van der Waals surface area contributed by atoms with Crippen LogP contribution >= 0.6 is 0 Å². The molecule has 0 bridgehead atoms. The Morgan fingerprint density at radius 1 is 1.18 bits per heavy atom. The summed E-state index contributed by atoms with van der Waals surface area (Å²) in [5.74, 6) is 1.45. The number of carbonyl (C=O) groups excluding carboxylic acids is 1. The molecule has 2 saturated carbocycles. The molecular formula is C36H47N5O4. The van der Waals surface area contributed by atoms with Crippen LogP contribution in [0.1, 0.15) is 83.1 Å². The number of nitrogens with zero attached hydrogens (tertiary/aromatic N) is 2. The van der Waals surface area contributed by atoms with Gasteiger partial charge in [-0.2, -0.15) is 5.10 Å². The van der Waals surface area contributed by atoms with Gasteiger partial charge in [-0.05, 0) is 104 Å². The monoisotopic (exact) mass is 613 g/mol. The van der Waals surface area contributed by atoms with Crippen LogP contribution in [-0.4, -0.2) is 48.0 Å². The summed E-state index contributed by atoms with van der Waals surface area (Å²) in [6.07, 6.45) is 12.4. The number of rotatable bonds is 10. The number of carboxylic acid groups (broad SMARTS) is 1. The molecule has 240 valence electrons. The summed E-state index contributed by atoms with van der Waals surface area (Å²) in [4.78, 5) is 28.7. The van der Waals surface area contributed by atoms with Gasteiger partial charge in [-0.25, -0.2) is 20.0 Å². The normalized spacial score (nSPS) is 28.7. The maximum atomic E-state index is 12.4. The molecule has 5 atom stereocenters. The predicted octanol–water partition coefficient (Wildman–Crippen LogP) is 6.25. The maximum Gasteiger partial charge on any atom is 0.408 e. The number of benzene rings is 1. The van der Waals surface area contributed by atoms with Crippen LogP contribution in [-0.2, 0) is 16.1 Å². The SMILES string of the molecule is C=C1CC[C@H]2[C@@H]3CCC4=C/C(=N\NC5=NCCN5)CCC4=C3[C@@H](CCCCC(NC(=O)OCc3ccccc3)C(=O)O)C[C@]12C. The number of aliphatic imine (C=N–C) groups is 1. The molecule has 9 nitrogen and oxygen atoms in total. The number of guanidine groups is 1. The van der Waals surface area contributed by atoms with E-state index in [1.54, 1.807) is 11.1 Å². The Bertz CT molecular complexity index is 1430. The van der Waals surface area contributed by atoms with Crippen molar-refractivity contribution in [3.63, 3.8) is 0 Å². The molecule has 1 unspecified atom stereocenters. The predicted molar refractivity (Wildman–Crippen MR) is 176 cm³/mol. The minimum atomic E-state index is -1.03. The van der Waals surface area contributed by atoms with Gasteiger partial charge in [0.2, 0.25) is 5.96 Å². The van der Waals surface area contributed by atoms with E-state index in [1.165, 1.54) is 24.0 Å². The number of hydrogen-bond donors (Lipinski definition) is 4. The van der Waals surface area contributed by atoms with Crippen LogP contribution in [0.4, 0.5) is 4.79 Å². The molecule has 1 aromatic carbocycles. The first-order valence-corrected chi connectivity index (χ1v) is 16.7. The Labute approximate surface area is 266 Å². The second-order valence-corrected chi connectivity index (χ2v) is 13.6. The van der Waals surface area contributed by atoms with Crippen molar-refractivity contribution >= 4 is 23.7 Å². The Kier molecular flexibility index (Phi) is 9.42. The fourth-order valence-electron chi connectivity index (χ4n) is 8.59. The van der Waals surface area contributed by atoms with E-state index in [0.29, 0.717) is 24.2 Å². The van der Waals surface area contributed by atoms with E-state index in [-0.39, 0.29) is 12.0 Å². The minimum absolute atomic E-state index is 0.108. The molecule has 1 heterocycles. The highest BCUT2D eigenvalue weighted by Gasteiger charge is 2.53. The lowest BCUT2D eigenvalue weighted by atomic mass is 9.53. The number of ether oxygens (including phenoxy) is 1. The second kappa shape index (κ2) is 13.6. The van der Waals surface area contributed by atoms with Crippen LogP contribution in [0, 0.1) is 23.2 Å². The number of hydrogen-bond acceptors (Lipinski definition) is 7. The first kappa shape index (κ1) is 31.1. The molecule has 2 fully saturated rings. The van der Waals surface area contributed by atoms with E-state index < -0.39 is 18.1 Å². The molecule has 0 radical (unpaired) electrons. The third kappa shape index (κ3) is 6.87. The molecule has 5 aliphatic rings. The van der Waals surface area contributed by atoms with Gasteiger partial charge in [0, 0.05) is 6.54 Å². The molecule has 4 N–H and O–H groups in total. The molecule has 1 amide bonds. The van der Waals surface area contributed by atoms with Gasteiger partial charge in [0.25, 0.3) is 0 Å². The third-order valence-electron chi connectivity index (χ3n) is 10.9. The van der Waals surface area contributed by atoms with Gasteiger partial charge in [-0.15, -0.1) is 0 Å². The smallest absolute Gasteiger partial charge is 0.408 e. The number of carboxylic acids is 1. The lowest BCUT2D eigenvalue weighted by Crippen LogP contribution is -2.42. The summed E-state index contributed by atoms with van der Waals surface area (Å²) in [6, 6.07) is 8.41. The van der Waals surface area contributed by atoms with Crippen molar-refractivity contribution in [2.75, 3.05) is 13.1 Å². The molecule has 0 saturated heterocycles. The van der Waals surface area contributed by atoms with Gasteiger partial charge in [0.05, 0.1) is 12.3 Å². The van der Waals surface area contributed by atoms with Gasteiger partial charge in [-0.1, -0.05) is 67.8 Å². The topological polar surface area (TPSA) is 124 Å². The van der Waals surface area contributed by atoms with Gasteiger partial charge in [-0.3, -0.25) is 0 Å². The van der Waals surface area contributed by atoms with Crippen molar-refractivity contribution in [2.45, 2.75) is 90.2 Å². The number of nitrogens with one attached hydrogen (secondary N) is 3. The van der Waals surface area contributed by atoms with Crippen LogP contribution < -0.4 is 16.1 Å². The van der Waals surface area contributed by atoms with Crippen LogP contribution in [0.5, 0.6) is 0 Å². The number of hydrazone groups is 1. The summed E-state index contributed by atoms with van der Waals surface area (Å²) in [5, 5.41) is 20.3. The molecule has 1 aliphatic heterocycles. The third-order valence-corrected chi connectivity index (χ3v) is 10.9. The van der Waals surface area contributed by atoms with Crippen LogP contribution in [0.15, 0.2) is 75.4 Å². The fraction of sp³-hybridized carbons (Fsp3) is 0.556. The Balaban J connectivity index is 1.11. The Morgan fingerprint density at radius 2 is 2.02 bits per heavy atom. The summed E-state index contributed by atoms with van der Waals surface area (Å²) < 4.78 is 5.28. The highest BCUT2D eigenvalue weighted by molar-refractivity contribution is 5.98. The lowest BCUT2D eigenvalue weighted by molar-refractivity contribution is -0.139. The zero-order valence-electron chi connectivity index (χ0n) is 26.4. The standard InChI is InChI=1S/C36H47N5O4/c1-23-12-17-30-29-15-13-25-20-27(40-41-34-37-18-19-38-34)14-16-28(25)32(29)26(21-36(23,30)2)10-6-7-11-31(33(42)43)39-35(44)45-22-24-8-4-3-5-9-24/h3-5,8-9,20,26,29-31H,1,6-7,10-19,21-22H2,2H3,(H,39,44)(H,42,43)(H2,37,38,41)/b40-27-/t26-,29-,30-,31?,36+/m0/s1. The van der Waals surface area contributed by atoms with E-state index in [4.69, 9.17) is 4.74 Å². The fourth-order valence-corrected chi connectivity index (χ4v) is 8.59. The maximum absolute atomic E-state index is 12.4. The molecular weight excluding hydrogens is 566 g/mol. The van der Waals surface area contributed by atoms with Gasteiger partial charge >= 0.3 is 12.1 Å². The summed E-state index contributed by atoms with van der Waals surface area (Å²) in [5.41, 5.74) is 11.3. The average Bonchev–Trinajstić information content (AvgIpc) is 3.67. The number of aliphatic carboxylic acids is 1. The zero-order chi connectivity index (χ0) is 31.4. The van der Waals surface area contributed by atoms with Gasteiger partial charge < -0.3 is 20.5 Å². The number of fused-ring (bicyclic) bond motifs is 4. The van der Waals surface area contributed by atoms with E-state index >= 15 is 0 Å². The summed E-state index contributed by atoms with van der Waals surface area (Å²) in [7, 11) is 0. The van der Waals surface area contributed by atoms with Crippen molar-refractivity contribution < 1.29 is 19.4 Å². The van der Waals surface area contributed by atoms with E-state index in [1.807, 2.05) is 30.3 Å². The summed E-state index contributed by atoms with van der Waals surface area (Å²) in [6.45, 7) is 8.75. The first-order valence-electron chi connectivity index (χ1n) is 16.7. The van der Waals surface area contributed by atoms with Crippen molar-refractivity contribution in [2.24, 2.45) is 33.3 Å². The number of unbranched alkanes of at least 4 members (excludes halogenated alkanes) is 1. The number of carbonyl (C=O) groups is 2. The van der Waals surface area contributed by atoms with Gasteiger partial charge in [0.15, 0.2) is 0 Å². The molecule has 4 aliphatic carbocycles.